The van der Waals surface area contributed by atoms with Crippen LogP contribution in [-0.4, -0.2) is 39.0 Å². The number of halogens is 1. The Bertz CT molecular complexity index is 868. The fraction of sp³-hybridized carbons (Fsp3) is 0.176. The summed E-state index contributed by atoms with van der Waals surface area (Å²) < 4.78 is 19.5. The summed E-state index contributed by atoms with van der Waals surface area (Å²) in [6.45, 7) is 0.336. The van der Waals surface area contributed by atoms with E-state index in [2.05, 4.69) is 20.8 Å². The highest BCUT2D eigenvalue weighted by atomic mass is 32.2. The highest BCUT2D eigenvalue weighted by molar-refractivity contribution is 7.99. The summed E-state index contributed by atoms with van der Waals surface area (Å²) >= 11 is 1.23. The predicted octanol–water partition coefficient (Wildman–Crippen LogP) is 2.22. The second-order valence-corrected chi connectivity index (χ2v) is 6.21. The molecule has 9 heteroatoms. The zero-order chi connectivity index (χ0) is 18.4. The standard InChI is InChI=1S/C17H16FN5O2S/c1-25-15-8-6-14(7-9-15)23-17(20-21-22-23)26-11-16(24)19-10-12-2-4-13(18)5-3-12/h2-9H,10-11H2,1H3,(H,19,24). The number of carbonyl (C=O) groups excluding carboxylic acids is 1. The maximum absolute atomic E-state index is 12.9. The summed E-state index contributed by atoms with van der Waals surface area (Å²) in [4.78, 5) is 12.0. The lowest BCUT2D eigenvalue weighted by molar-refractivity contribution is -0.118. The lowest BCUT2D eigenvalue weighted by Crippen LogP contribution is -2.24. The minimum Gasteiger partial charge on any atom is -0.497 e. The smallest absolute Gasteiger partial charge is 0.230 e. The van der Waals surface area contributed by atoms with Crippen LogP contribution in [0.25, 0.3) is 5.69 Å². The van der Waals surface area contributed by atoms with E-state index in [-0.39, 0.29) is 17.5 Å². The van der Waals surface area contributed by atoms with Gasteiger partial charge in [-0.25, -0.2) is 4.39 Å². The molecule has 1 amide bonds. The predicted molar refractivity (Wildman–Crippen MR) is 94.7 cm³/mol. The molecule has 0 atom stereocenters. The van der Waals surface area contributed by atoms with Crippen molar-refractivity contribution >= 4 is 17.7 Å². The minimum absolute atomic E-state index is 0.163. The van der Waals surface area contributed by atoms with Crippen LogP contribution >= 0.6 is 11.8 Å². The third-order valence-corrected chi connectivity index (χ3v) is 4.41. The lowest BCUT2D eigenvalue weighted by Gasteiger charge is -2.06. The molecule has 0 bridgehead atoms. The Labute approximate surface area is 153 Å². The van der Waals surface area contributed by atoms with Crippen LogP contribution in [0.2, 0.25) is 0 Å². The topological polar surface area (TPSA) is 81.9 Å². The second kappa shape index (κ2) is 8.43. The van der Waals surface area contributed by atoms with E-state index < -0.39 is 0 Å². The van der Waals surface area contributed by atoms with Crippen molar-refractivity contribution in [3.8, 4) is 11.4 Å². The normalized spacial score (nSPS) is 10.5. The molecule has 0 spiro atoms. The lowest BCUT2D eigenvalue weighted by atomic mass is 10.2. The SMILES string of the molecule is COc1ccc(-n2nnnc2SCC(=O)NCc2ccc(F)cc2)cc1. The molecule has 0 aliphatic heterocycles. The van der Waals surface area contributed by atoms with E-state index in [1.54, 1.807) is 36.1 Å². The number of nitrogens with zero attached hydrogens (tertiary/aromatic N) is 4. The number of carbonyl (C=O) groups is 1. The molecule has 0 fully saturated rings. The zero-order valence-corrected chi connectivity index (χ0v) is 14.7. The van der Waals surface area contributed by atoms with Gasteiger partial charge in [0.2, 0.25) is 11.1 Å². The quantitative estimate of drug-likeness (QED) is 0.640. The molecule has 1 N–H and O–H groups in total. The minimum atomic E-state index is -0.305. The Morgan fingerprint density at radius 1 is 1.19 bits per heavy atom. The fourth-order valence-corrected chi connectivity index (χ4v) is 2.86. The van der Waals surface area contributed by atoms with Crippen LogP contribution in [0, 0.1) is 5.82 Å². The summed E-state index contributed by atoms with van der Waals surface area (Å²) in [5, 5.41) is 14.8. The van der Waals surface area contributed by atoms with E-state index in [9.17, 15) is 9.18 Å². The highest BCUT2D eigenvalue weighted by Crippen LogP contribution is 2.20. The van der Waals surface area contributed by atoms with Crippen molar-refractivity contribution in [1.82, 2.24) is 25.5 Å². The molecule has 0 aliphatic rings. The molecule has 26 heavy (non-hydrogen) atoms. The van der Waals surface area contributed by atoms with E-state index in [1.807, 2.05) is 12.1 Å². The van der Waals surface area contributed by atoms with Crippen molar-refractivity contribution in [2.45, 2.75) is 11.7 Å². The molecule has 7 nitrogen and oxygen atoms in total. The van der Waals surface area contributed by atoms with Crippen LogP contribution in [-0.2, 0) is 11.3 Å². The van der Waals surface area contributed by atoms with Gasteiger partial charge in [0.15, 0.2) is 0 Å². The van der Waals surface area contributed by atoms with Gasteiger partial charge >= 0.3 is 0 Å². The molecule has 0 radical (unpaired) electrons. The average molecular weight is 373 g/mol. The Morgan fingerprint density at radius 2 is 1.92 bits per heavy atom. The van der Waals surface area contributed by atoms with Crippen LogP contribution in [0.15, 0.2) is 53.7 Å². The van der Waals surface area contributed by atoms with Gasteiger partial charge in [0, 0.05) is 6.54 Å². The number of benzene rings is 2. The number of amides is 1. The Morgan fingerprint density at radius 3 is 2.62 bits per heavy atom. The largest absolute Gasteiger partial charge is 0.497 e. The monoisotopic (exact) mass is 373 g/mol. The van der Waals surface area contributed by atoms with Crippen molar-refractivity contribution in [2.24, 2.45) is 0 Å². The maximum Gasteiger partial charge on any atom is 0.230 e. The molecule has 1 aromatic heterocycles. The molecule has 2 aromatic carbocycles. The van der Waals surface area contributed by atoms with E-state index >= 15 is 0 Å². The van der Waals surface area contributed by atoms with Crippen LogP contribution in [0.4, 0.5) is 4.39 Å². The van der Waals surface area contributed by atoms with Gasteiger partial charge in [-0.1, -0.05) is 23.9 Å². The molecule has 0 saturated carbocycles. The number of methoxy groups -OCH3 is 1. The molecule has 3 aromatic rings. The van der Waals surface area contributed by atoms with Gasteiger partial charge in [-0.3, -0.25) is 4.79 Å². The maximum atomic E-state index is 12.9. The van der Waals surface area contributed by atoms with E-state index in [4.69, 9.17) is 4.74 Å². The first-order valence-electron chi connectivity index (χ1n) is 7.72. The second-order valence-electron chi connectivity index (χ2n) is 5.26. The van der Waals surface area contributed by atoms with E-state index in [0.717, 1.165) is 17.0 Å². The molecule has 134 valence electrons. The number of ether oxygens (including phenoxy) is 1. The number of nitrogens with one attached hydrogen (secondary N) is 1. The highest BCUT2D eigenvalue weighted by Gasteiger charge is 2.11. The molecule has 0 saturated heterocycles. The van der Waals surface area contributed by atoms with E-state index in [1.165, 1.54) is 23.9 Å². The molecular formula is C17H16FN5O2S. The molecule has 0 unspecified atom stereocenters. The molecule has 3 rings (SSSR count). The van der Waals surface area contributed by atoms with Crippen molar-refractivity contribution in [3.63, 3.8) is 0 Å². The molecule has 0 aliphatic carbocycles. The van der Waals surface area contributed by atoms with Gasteiger partial charge < -0.3 is 10.1 Å². The van der Waals surface area contributed by atoms with Crippen molar-refractivity contribution in [3.05, 3.63) is 59.9 Å². The summed E-state index contributed by atoms with van der Waals surface area (Å²) in [6.07, 6.45) is 0. The fourth-order valence-electron chi connectivity index (χ4n) is 2.14. The first-order valence-corrected chi connectivity index (χ1v) is 8.71. The number of hydrogen-bond acceptors (Lipinski definition) is 6. The summed E-state index contributed by atoms with van der Waals surface area (Å²) in [6, 6.07) is 13.3. The van der Waals surface area contributed by atoms with Crippen molar-refractivity contribution < 1.29 is 13.9 Å². The van der Waals surface area contributed by atoms with Crippen LogP contribution < -0.4 is 10.1 Å². The first-order chi connectivity index (χ1) is 12.7. The van der Waals surface area contributed by atoms with Crippen LogP contribution in [0.5, 0.6) is 5.75 Å². The van der Waals surface area contributed by atoms with Gasteiger partial charge in [-0.2, -0.15) is 4.68 Å². The van der Waals surface area contributed by atoms with Gasteiger partial charge in [-0.05, 0) is 52.4 Å². The van der Waals surface area contributed by atoms with Crippen molar-refractivity contribution in [2.75, 3.05) is 12.9 Å². The Balaban J connectivity index is 1.55. The summed E-state index contributed by atoms with van der Waals surface area (Å²) in [5.74, 6) is 0.429. The first kappa shape index (κ1) is 17.9. The van der Waals surface area contributed by atoms with Gasteiger partial charge in [-0.15, -0.1) is 5.10 Å². The third-order valence-electron chi connectivity index (χ3n) is 3.49. The number of thioether (sulfide) groups is 1. The van der Waals surface area contributed by atoms with E-state index in [0.29, 0.717) is 11.7 Å². The van der Waals surface area contributed by atoms with Gasteiger partial charge in [0.25, 0.3) is 0 Å². The summed E-state index contributed by atoms with van der Waals surface area (Å²) in [5.41, 5.74) is 1.60. The zero-order valence-electron chi connectivity index (χ0n) is 13.9. The number of aromatic nitrogens is 4. The number of hydrogen-bond donors (Lipinski definition) is 1. The number of rotatable bonds is 7. The van der Waals surface area contributed by atoms with Crippen LogP contribution in [0.1, 0.15) is 5.56 Å². The van der Waals surface area contributed by atoms with Crippen LogP contribution in [0.3, 0.4) is 0 Å². The van der Waals surface area contributed by atoms with Gasteiger partial charge in [0.05, 0.1) is 18.6 Å². The summed E-state index contributed by atoms with van der Waals surface area (Å²) in [7, 11) is 1.60. The molecule has 1 heterocycles. The van der Waals surface area contributed by atoms with Crippen molar-refractivity contribution in [1.29, 1.82) is 0 Å². The third kappa shape index (κ3) is 4.57. The van der Waals surface area contributed by atoms with Gasteiger partial charge in [0.1, 0.15) is 11.6 Å². The average Bonchev–Trinajstić information content (AvgIpc) is 3.14. The number of tetrazole rings is 1. The Kier molecular flexibility index (Phi) is 5.80. The molecular weight excluding hydrogens is 357 g/mol. The Hall–Kier alpha value is -2.94.